The van der Waals surface area contributed by atoms with Crippen LogP contribution in [0.2, 0.25) is 0 Å². The number of pyridine rings is 2. The van der Waals surface area contributed by atoms with Crippen LogP contribution in [-0.2, 0) is 4.74 Å². The fourth-order valence-corrected chi connectivity index (χ4v) is 3.34. The van der Waals surface area contributed by atoms with Gasteiger partial charge in [-0.05, 0) is 37.0 Å². The van der Waals surface area contributed by atoms with Gasteiger partial charge in [-0.15, -0.1) is 0 Å². The molecule has 2 aromatic heterocycles. The molecule has 0 aromatic carbocycles. The van der Waals surface area contributed by atoms with Gasteiger partial charge >= 0.3 is 12.3 Å². The molecular weight excluding hydrogens is 391 g/mol. The summed E-state index contributed by atoms with van der Waals surface area (Å²) in [6.45, 7) is 0.171. The molecule has 156 valence electrons. The van der Waals surface area contributed by atoms with Crippen molar-refractivity contribution in [1.82, 2.24) is 9.97 Å². The number of nitrogens with one attached hydrogen (secondary N) is 2. The van der Waals surface area contributed by atoms with E-state index in [4.69, 9.17) is 5.73 Å². The molecule has 1 amide bonds. The first-order valence-electron chi connectivity index (χ1n) is 8.87. The summed E-state index contributed by atoms with van der Waals surface area (Å²) < 4.78 is 44.9. The number of aromatic amines is 1. The Morgan fingerprint density at radius 3 is 2.79 bits per heavy atom. The number of rotatable bonds is 3. The van der Waals surface area contributed by atoms with E-state index in [1.807, 2.05) is 0 Å². The largest absolute Gasteiger partial charge is 0.453 e. The molecule has 1 saturated heterocycles. The highest BCUT2D eigenvalue weighted by Gasteiger charge is 2.45. The van der Waals surface area contributed by atoms with Crippen LogP contribution in [0.4, 0.5) is 35.3 Å². The second-order valence-electron chi connectivity index (χ2n) is 6.64. The maximum atomic E-state index is 13.5. The van der Waals surface area contributed by atoms with Crippen molar-refractivity contribution in [3.63, 3.8) is 0 Å². The maximum absolute atomic E-state index is 13.5. The number of methoxy groups -OCH3 is 1. The Morgan fingerprint density at radius 2 is 2.10 bits per heavy atom. The molecule has 11 heteroatoms. The minimum atomic E-state index is -4.42. The third kappa shape index (κ3) is 4.61. The van der Waals surface area contributed by atoms with Gasteiger partial charge < -0.3 is 20.4 Å². The van der Waals surface area contributed by atoms with Crippen LogP contribution in [-0.4, -0.2) is 41.9 Å². The second kappa shape index (κ2) is 8.02. The topological polar surface area (TPSA) is 113 Å². The number of aromatic nitrogens is 2. The lowest BCUT2D eigenvalue weighted by atomic mass is 10.0. The van der Waals surface area contributed by atoms with Gasteiger partial charge in [-0.25, -0.2) is 9.78 Å². The van der Waals surface area contributed by atoms with Gasteiger partial charge in [-0.3, -0.25) is 10.1 Å². The highest BCUT2D eigenvalue weighted by Crippen LogP contribution is 2.36. The molecule has 0 radical (unpaired) electrons. The molecule has 1 fully saturated rings. The summed E-state index contributed by atoms with van der Waals surface area (Å²) in [5.41, 5.74) is 6.23. The standard InChI is InChI=1S/C18H20F3N5O3/c1-29-17(28)24-14-8-11(12(22)9-23-14)10-6-15(25-16(27)7-10)26-5-3-2-4-13(26)18(19,20)21/h6-9,13H,2-5,22H2,1H3,(H,25,27)(H,23,24,28). The van der Waals surface area contributed by atoms with Crippen molar-refractivity contribution in [2.75, 3.05) is 29.6 Å². The average Bonchev–Trinajstić information content (AvgIpc) is 2.68. The maximum Gasteiger partial charge on any atom is 0.412 e. The summed E-state index contributed by atoms with van der Waals surface area (Å²) in [5, 5.41) is 2.38. The highest BCUT2D eigenvalue weighted by atomic mass is 19.4. The van der Waals surface area contributed by atoms with Crippen molar-refractivity contribution in [1.29, 1.82) is 0 Å². The molecule has 8 nitrogen and oxygen atoms in total. The van der Waals surface area contributed by atoms with Crippen LogP contribution in [0.5, 0.6) is 0 Å². The van der Waals surface area contributed by atoms with Gasteiger partial charge in [0.25, 0.3) is 0 Å². The van der Waals surface area contributed by atoms with Crippen LogP contribution in [0.3, 0.4) is 0 Å². The van der Waals surface area contributed by atoms with Crippen LogP contribution < -0.4 is 21.5 Å². The molecule has 2 aromatic rings. The van der Waals surface area contributed by atoms with E-state index >= 15 is 0 Å². The first-order valence-corrected chi connectivity index (χ1v) is 8.87. The van der Waals surface area contributed by atoms with E-state index in [1.54, 1.807) is 0 Å². The Hall–Kier alpha value is -3.24. The molecule has 0 spiro atoms. The minimum Gasteiger partial charge on any atom is -0.453 e. The van der Waals surface area contributed by atoms with Gasteiger partial charge in [0.05, 0.1) is 19.0 Å². The zero-order valence-corrected chi connectivity index (χ0v) is 15.5. The van der Waals surface area contributed by atoms with E-state index in [2.05, 4.69) is 20.0 Å². The molecular formula is C18H20F3N5O3. The van der Waals surface area contributed by atoms with Crippen LogP contribution in [0, 0.1) is 0 Å². The van der Waals surface area contributed by atoms with Crippen molar-refractivity contribution in [2.24, 2.45) is 0 Å². The fourth-order valence-electron chi connectivity index (χ4n) is 3.34. The van der Waals surface area contributed by atoms with Gasteiger partial charge in [0, 0.05) is 18.2 Å². The molecule has 0 aliphatic carbocycles. The lowest BCUT2D eigenvalue weighted by Gasteiger charge is -2.38. The summed E-state index contributed by atoms with van der Waals surface area (Å²) in [6.07, 6.45) is -2.88. The summed E-state index contributed by atoms with van der Waals surface area (Å²) in [6, 6.07) is 2.42. The van der Waals surface area contributed by atoms with Crippen LogP contribution in [0.1, 0.15) is 19.3 Å². The highest BCUT2D eigenvalue weighted by molar-refractivity contribution is 5.86. The Balaban J connectivity index is 2.02. The predicted octanol–water partition coefficient (Wildman–Crippen LogP) is 3.12. The molecule has 3 heterocycles. The number of amides is 1. The number of halogens is 3. The number of anilines is 3. The zero-order chi connectivity index (χ0) is 21.2. The molecule has 29 heavy (non-hydrogen) atoms. The third-order valence-corrected chi connectivity index (χ3v) is 4.68. The normalized spacial score (nSPS) is 17.1. The van der Waals surface area contributed by atoms with E-state index in [0.29, 0.717) is 24.0 Å². The summed E-state index contributed by atoms with van der Waals surface area (Å²) in [7, 11) is 1.19. The molecule has 1 unspecified atom stereocenters. The smallest absolute Gasteiger partial charge is 0.412 e. The van der Waals surface area contributed by atoms with Crippen LogP contribution >= 0.6 is 0 Å². The molecule has 1 atom stereocenters. The number of ether oxygens (including phenoxy) is 1. The lowest BCUT2D eigenvalue weighted by molar-refractivity contribution is -0.152. The average molecular weight is 411 g/mol. The number of alkyl halides is 3. The van der Waals surface area contributed by atoms with Gasteiger partial charge in [-0.2, -0.15) is 13.2 Å². The Morgan fingerprint density at radius 1 is 1.34 bits per heavy atom. The number of piperidine rings is 1. The summed E-state index contributed by atoms with van der Waals surface area (Å²) in [4.78, 5) is 31.2. The number of hydrogen-bond donors (Lipinski definition) is 3. The predicted molar refractivity (Wildman–Crippen MR) is 102 cm³/mol. The second-order valence-corrected chi connectivity index (χ2v) is 6.64. The molecule has 3 rings (SSSR count). The van der Waals surface area contributed by atoms with E-state index < -0.39 is 23.9 Å². The Labute approximate surface area is 163 Å². The quantitative estimate of drug-likeness (QED) is 0.715. The van der Waals surface area contributed by atoms with Crippen molar-refractivity contribution >= 4 is 23.4 Å². The molecule has 4 N–H and O–H groups in total. The number of nitrogen functional groups attached to an aromatic ring is 1. The monoisotopic (exact) mass is 411 g/mol. The summed E-state index contributed by atoms with van der Waals surface area (Å²) in [5.74, 6) is 0.183. The number of carbonyl (C=O) groups excluding carboxylic acids is 1. The van der Waals surface area contributed by atoms with E-state index in [0.717, 1.165) is 0 Å². The number of H-pyrrole nitrogens is 1. The van der Waals surface area contributed by atoms with Gasteiger partial charge in [0.15, 0.2) is 0 Å². The third-order valence-electron chi connectivity index (χ3n) is 4.68. The van der Waals surface area contributed by atoms with Gasteiger partial charge in [0.1, 0.15) is 17.7 Å². The summed E-state index contributed by atoms with van der Waals surface area (Å²) >= 11 is 0. The fraction of sp³-hybridized carbons (Fsp3) is 0.389. The van der Waals surface area contributed by atoms with E-state index in [9.17, 15) is 22.8 Å². The molecule has 1 aliphatic heterocycles. The number of nitrogens with two attached hydrogens (primary N) is 1. The number of carbonyl (C=O) groups is 1. The van der Waals surface area contributed by atoms with Crippen molar-refractivity contribution in [2.45, 2.75) is 31.5 Å². The molecule has 1 aliphatic rings. The van der Waals surface area contributed by atoms with E-state index in [1.165, 1.54) is 36.4 Å². The van der Waals surface area contributed by atoms with E-state index in [-0.39, 0.29) is 30.3 Å². The first kappa shape index (κ1) is 20.5. The molecule has 0 saturated carbocycles. The Kier molecular flexibility index (Phi) is 5.66. The van der Waals surface area contributed by atoms with Crippen LogP contribution in [0.15, 0.2) is 29.2 Å². The minimum absolute atomic E-state index is 0.0413. The van der Waals surface area contributed by atoms with Crippen molar-refractivity contribution < 1.29 is 22.7 Å². The SMILES string of the molecule is COC(=O)Nc1cc(-c2cc(N3CCCCC3C(F)(F)F)[nH]c(=O)c2)c(N)cn1. The molecule has 0 bridgehead atoms. The number of nitrogens with zero attached hydrogens (tertiary/aromatic N) is 2. The van der Waals surface area contributed by atoms with Crippen molar-refractivity contribution in [3.05, 3.63) is 34.7 Å². The number of hydrogen-bond acceptors (Lipinski definition) is 6. The van der Waals surface area contributed by atoms with Gasteiger partial charge in [0.2, 0.25) is 5.56 Å². The lowest BCUT2D eigenvalue weighted by Crippen LogP contribution is -2.49. The first-order chi connectivity index (χ1) is 13.7. The Bertz CT molecular complexity index is 960. The van der Waals surface area contributed by atoms with Gasteiger partial charge in [-0.1, -0.05) is 0 Å². The van der Waals surface area contributed by atoms with Crippen LogP contribution in [0.25, 0.3) is 11.1 Å². The zero-order valence-electron chi connectivity index (χ0n) is 15.5. The van der Waals surface area contributed by atoms with Crippen molar-refractivity contribution in [3.8, 4) is 11.1 Å².